The normalized spacial score (nSPS) is 13.4. The van der Waals surface area contributed by atoms with Gasteiger partial charge in [0.05, 0.1) is 15.1 Å². The molecule has 0 radical (unpaired) electrons. The number of hydrogen-bond acceptors (Lipinski definition) is 4. The maximum Gasteiger partial charge on any atom is 0.308 e. The second-order valence-corrected chi connectivity index (χ2v) is 10.1. The Morgan fingerprint density at radius 2 is 1.82 bits per heavy atom. The fourth-order valence-electron chi connectivity index (χ4n) is 3.51. The molecule has 150 valence electrons. The molecule has 1 N–H and O–H groups in total. The van der Waals surface area contributed by atoms with E-state index in [0.29, 0.717) is 11.1 Å². The molecule has 1 aromatic heterocycles. The molecule has 0 unspecified atom stereocenters. The van der Waals surface area contributed by atoms with E-state index >= 15 is 0 Å². The van der Waals surface area contributed by atoms with Crippen LogP contribution in [0.1, 0.15) is 56.0 Å². The van der Waals surface area contributed by atoms with E-state index < -0.39 is 10.0 Å². The van der Waals surface area contributed by atoms with Crippen LogP contribution in [-0.4, -0.2) is 13.0 Å². The minimum Gasteiger partial charge on any atom is -0.296 e. The van der Waals surface area contributed by atoms with Crippen molar-refractivity contribution in [1.82, 2.24) is 9.29 Å². The van der Waals surface area contributed by atoms with Crippen LogP contribution in [0.15, 0.2) is 46.1 Å². The summed E-state index contributed by atoms with van der Waals surface area (Å²) in [6.07, 6.45) is 0.641. The number of aryl methyl sites for hydroxylation is 2. The molecule has 0 bridgehead atoms. The van der Waals surface area contributed by atoms with Crippen LogP contribution in [0.3, 0.4) is 0 Å². The number of fused-ring (bicyclic) bond motifs is 1. The lowest BCUT2D eigenvalue weighted by Crippen LogP contribution is -2.28. The van der Waals surface area contributed by atoms with Crippen molar-refractivity contribution in [2.24, 2.45) is 0 Å². The van der Waals surface area contributed by atoms with E-state index in [-0.39, 0.29) is 21.9 Å². The maximum absolute atomic E-state index is 13.0. The lowest BCUT2D eigenvalue weighted by Gasteiger charge is -2.20. The Balaban J connectivity index is 1.98. The third-order valence-electron chi connectivity index (χ3n) is 4.92. The molecular weight excluding hydrogens is 392 g/mol. The van der Waals surface area contributed by atoms with Crippen molar-refractivity contribution in [2.75, 3.05) is 0 Å². The molecule has 1 heterocycles. The van der Waals surface area contributed by atoms with Gasteiger partial charge < -0.3 is 0 Å². The Labute approximate surface area is 170 Å². The van der Waals surface area contributed by atoms with Gasteiger partial charge in [-0.05, 0) is 63.4 Å². The lowest BCUT2D eigenvalue weighted by molar-refractivity contribution is 0.549. The quantitative estimate of drug-likeness (QED) is 0.631. The number of nitrogens with zero attached hydrogens (tertiary/aromatic N) is 1. The first-order valence-corrected chi connectivity index (χ1v) is 11.7. The predicted molar refractivity (Wildman–Crippen MR) is 116 cm³/mol. The van der Waals surface area contributed by atoms with Gasteiger partial charge in [0.25, 0.3) is 0 Å². The Morgan fingerprint density at radius 1 is 1.11 bits per heavy atom. The molecule has 7 heteroatoms. The van der Waals surface area contributed by atoms with Gasteiger partial charge in [0.2, 0.25) is 10.0 Å². The summed E-state index contributed by atoms with van der Waals surface area (Å²) in [6, 6.07) is 10.7. The number of aromatic nitrogens is 1. The highest BCUT2D eigenvalue weighted by molar-refractivity contribution is 7.89. The number of sulfonamides is 1. The molecule has 0 spiro atoms. The first kappa shape index (κ1) is 20.8. The third kappa shape index (κ3) is 3.92. The second kappa shape index (κ2) is 7.81. The third-order valence-corrected chi connectivity index (χ3v) is 7.31. The Bertz CT molecular complexity index is 1170. The summed E-state index contributed by atoms with van der Waals surface area (Å²) in [5.41, 5.74) is 3.96. The van der Waals surface area contributed by atoms with Crippen molar-refractivity contribution in [1.29, 1.82) is 0 Å². The number of hydrogen-bond donors (Lipinski definition) is 1. The van der Waals surface area contributed by atoms with Crippen molar-refractivity contribution in [2.45, 2.75) is 58.0 Å². The minimum absolute atomic E-state index is 0.0239. The van der Waals surface area contributed by atoms with Crippen LogP contribution in [0.4, 0.5) is 0 Å². The predicted octanol–water partition coefficient (Wildman–Crippen LogP) is 4.69. The van der Waals surface area contributed by atoms with Gasteiger partial charge in [0, 0.05) is 12.1 Å². The highest BCUT2D eigenvalue weighted by Crippen LogP contribution is 2.27. The average Bonchev–Trinajstić information content (AvgIpc) is 2.95. The summed E-state index contributed by atoms with van der Waals surface area (Å²) < 4.78 is 31.3. The fourth-order valence-corrected chi connectivity index (χ4v) is 5.96. The summed E-state index contributed by atoms with van der Waals surface area (Å²) in [7, 11) is -3.72. The van der Waals surface area contributed by atoms with Crippen LogP contribution in [0.5, 0.6) is 0 Å². The lowest BCUT2D eigenvalue weighted by atomic mass is 9.98. The molecule has 0 aliphatic carbocycles. The Morgan fingerprint density at radius 3 is 2.43 bits per heavy atom. The smallest absolute Gasteiger partial charge is 0.296 e. The standard InChI is InChI=1S/C21H26N2O3S2/c1-6-18(17-9-7-14(4)11-15(17)5)22-28(25,26)16-8-10-19-20(12-16)27-21(24)23(19)13(2)3/h7-13,18,22H,6H2,1-5H3/t18-/m0/s1. The number of rotatable bonds is 6. The largest absolute Gasteiger partial charge is 0.308 e. The van der Waals surface area contributed by atoms with Gasteiger partial charge in [0.15, 0.2) is 0 Å². The molecule has 0 aliphatic rings. The zero-order valence-corrected chi connectivity index (χ0v) is 18.4. The van der Waals surface area contributed by atoms with Gasteiger partial charge in [-0.1, -0.05) is 42.0 Å². The van der Waals surface area contributed by atoms with E-state index in [1.807, 2.05) is 46.8 Å². The molecule has 0 fully saturated rings. The van der Waals surface area contributed by atoms with Crippen molar-refractivity contribution in [3.05, 3.63) is 62.8 Å². The molecule has 1 atom stereocenters. The topological polar surface area (TPSA) is 68.2 Å². The van der Waals surface area contributed by atoms with Crippen LogP contribution >= 0.6 is 11.3 Å². The molecule has 5 nitrogen and oxygen atoms in total. The number of thiazole rings is 1. The van der Waals surface area contributed by atoms with Gasteiger partial charge >= 0.3 is 4.87 Å². The van der Waals surface area contributed by atoms with E-state index in [2.05, 4.69) is 10.8 Å². The van der Waals surface area contributed by atoms with Crippen LogP contribution in [0.2, 0.25) is 0 Å². The molecular formula is C21H26N2O3S2. The summed E-state index contributed by atoms with van der Waals surface area (Å²) in [5, 5.41) is 0. The maximum atomic E-state index is 13.0. The molecule has 3 rings (SSSR count). The first-order chi connectivity index (χ1) is 13.1. The summed E-state index contributed by atoms with van der Waals surface area (Å²) in [4.78, 5) is 12.3. The monoisotopic (exact) mass is 418 g/mol. The Hall–Kier alpha value is -1.96. The SMILES string of the molecule is CC[C@H](NS(=O)(=O)c1ccc2c(c1)sc(=O)n2C(C)C)c1ccc(C)cc1C. The molecule has 0 saturated heterocycles. The molecule has 0 amide bonds. The Kier molecular flexibility index (Phi) is 5.79. The number of benzene rings is 2. The van der Waals surface area contributed by atoms with Crippen LogP contribution in [0.25, 0.3) is 10.2 Å². The van der Waals surface area contributed by atoms with E-state index in [0.717, 1.165) is 33.5 Å². The fraction of sp³-hybridized carbons (Fsp3) is 0.381. The van der Waals surface area contributed by atoms with Gasteiger partial charge in [-0.15, -0.1) is 0 Å². The van der Waals surface area contributed by atoms with E-state index in [1.54, 1.807) is 22.8 Å². The van der Waals surface area contributed by atoms with Gasteiger partial charge in [-0.25, -0.2) is 13.1 Å². The zero-order valence-electron chi connectivity index (χ0n) is 16.8. The van der Waals surface area contributed by atoms with E-state index in [9.17, 15) is 13.2 Å². The van der Waals surface area contributed by atoms with Gasteiger partial charge in [-0.2, -0.15) is 0 Å². The molecule has 2 aromatic carbocycles. The highest BCUT2D eigenvalue weighted by Gasteiger charge is 2.23. The molecule has 28 heavy (non-hydrogen) atoms. The van der Waals surface area contributed by atoms with Crippen LogP contribution < -0.4 is 9.60 Å². The first-order valence-electron chi connectivity index (χ1n) is 9.38. The summed E-state index contributed by atoms with van der Waals surface area (Å²) in [6.45, 7) is 9.86. The van der Waals surface area contributed by atoms with Crippen molar-refractivity contribution < 1.29 is 8.42 Å². The van der Waals surface area contributed by atoms with Crippen LogP contribution in [-0.2, 0) is 10.0 Å². The molecule has 3 aromatic rings. The minimum atomic E-state index is -3.72. The van der Waals surface area contributed by atoms with Gasteiger partial charge in [0.1, 0.15) is 0 Å². The van der Waals surface area contributed by atoms with E-state index in [4.69, 9.17) is 0 Å². The van der Waals surface area contributed by atoms with E-state index in [1.165, 1.54) is 0 Å². The van der Waals surface area contributed by atoms with Gasteiger partial charge in [-0.3, -0.25) is 9.36 Å². The number of nitrogens with one attached hydrogen (secondary N) is 1. The van der Waals surface area contributed by atoms with Crippen molar-refractivity contribution in [3.8, 4) is 0 Å². The second-order valence-electron chi connectivity index (χ2n) is 7.40. The van der Waals surface area contributed by atoms with Crippen molar-refractivity contribution >= 4 is 31.6 Å². The zero-order chi connectivity index (χ0) is 20.6. The summed E-state index contributed by atoms with van der Waals surface area (Å²) in [5.74, 6) is 0. The highest BCUT2D eigenvalue weighted by atomic mass is 32.2. The van der Waals surface area contributed by atoms with Crippen LogP contribution in [0, 0.1) is 13.8 Å². The average molecular weight is 419 g/mol. The van der Waals surface area contributed by atoms with Crippen molar-refractivity contribution in [3.63, 3.8) is 0 Å². The summed E-state index contributed by atoms with van der Waals surface area (Å²) >= 11 is 1.08. The molecule has 0 saturated carbocycles. The molecule has 0 aliphatic heterocycles.